The van der Waals surface area contributed by atoms with Crippen LogP contribution in [0.4, 0.5) is 5.69 Å². The fourth-order valence-electron chi connectivity index (χ4n) is 3.05. The van der Waals surface area contributed by atoms with E-state index < -0.39 is 0 Å². The van der Waals surface area contributed by atoms with Crippen LogP contribution in [0.1, 0.15) is 55.8 Å². The summed E-state index contributed by atoms with van der Waals surface area (Å²) in [6.45, 7) is 2.26. The summed E-state index contributed by atoms with van der Waals surface area (Å²) in [5.41, 5.74) is 1.77. The smallest absolute Gasteiger partial charge is 0.256 e. The van der Waals surface area contributed by atoms with Gasteiger partial charge in [-0.2, -0.15) is 0 Å². The molecule has 116 valence electrons. The molecule has 2 aromatic carbocycles. The zero-order valence-corrected chi connectivity index (χ0v) is 14.0. The predicted octanol–water partition coefficient (Wildman–Crippen LogP) is 5.86. The zero-order valence-electron chi connectivity index (χ0n) is 13.2. The average molecular weight is 313 g/mol. The highest BCUT2D eigenvalue weighted by atomic mass is 32.2. The van der Waals surface area contributed by atoms with Crippen LogP contribution in [0.15, 0.2) is 35.2 Å². The van der Waals surface area contributed by atoms with Gasteiger partial charge in [-0.05, 0) is 35.8 Å². The summed E-state index contributed by atoms with van der Waals surface area (Å²) in [5.74, 6) is 1.19. The summed E-state index contributed by atoms with van der Waals surface area (Å²) in [6, 6.07) is 10.2. The number of carbonyl (C=O) groups excluding carboxylic acids is 1. The maximum absolute atomic E-state index is 11.9. The van der Waals surface area contributed by atoms with Crippen LogP contribution in [0.25, 0.3) is 10.8 Å². The normalized spacial score (nSPS) is 12.9. The monoisotopic (exact) mass is 313 g/mol. The van der Waals surface area contributed by atoms with Gasteiger partial charge in [-0.3, -0.25) is 4.79 Å². The Morgan fingerprint density at radius 3 is 2.68 bits per heavy atom. The molecule has 0 aliphatic carbocycles. The summed E-state index contributed by atoms with van der Waals surface area (Å²) in [4.78, 5) is 13.2. The van der Waals surface area contributed by atoms with Gasteiger partial charge < -0.3 is 5.32 Å². The first kappa shape index (κ1) is 15.4. The lowest BCUT2D eigenvalue weighted by atomic mass is 10.1. The molecular formula is C19H23NOS. The van der Waals surface area contributed by atoms with Gasteiger partial charge in [-0.25, -0.2) is 0 Å². The molecule has 0 radical (unpaired) electrons. The second kappa shape index (κ2) is 7.19. The summed E-state index contributed by atoms with van der Waals surface area (Å²) < 4.78 is 0. The highest BCUT2D eigenvalue weighted by Crippen LogP contribution is 2.38. The molecular weight excluding hydrogens is 290 g/mol. The summed E-state index contributed by atoms with van der Waals surface area (Å²) in [5, 5.41) is 5.26. The van der Waals surface area contributed by atoms with Crippen molar-refractivity contribution in [2.75, 3.05) is 11.1 Å². The number of hydrogen-bond donors (Lipinski definition) is 1. The second-order valence-corrected chi connectivity index (χ2v) is 7.05. The van der Waals surface area contributed by atoms with Crippen molar-refractivity contribution in [1.29, 1.82) is 0 Å². The van der Waals surface area contributed by atoms with E-state index in [1.54, 1.807) is 0 Å². The van der Waals surface area contributed by atoms with E-state index in [0.29, 0.717) is 0 Å². The van der Waals surface area contributed by atoms with E-state index in [9.17, 15) is 4.79 Å². The first-order valence-corrected chi connectivity index (χ1v) is 9.29. The molecule has 0 fully saturated rings. The molecule has 1 heterocycles. The number of carbonyl (C=O) groups is 1. The van der Waals surface area contributed by atoms with Gasteiger partial charge in [0.1, 0.15) is 0 Å². The minimum atomic E-state index is 0.0266. The highest BCUT2D eigenvalue weighted by molar-refractivity contribution is 7.99. The minimum absolute atomic E-state index is 0.0266. The Morgan fingerprint density at radius 2 is 1.82 bits per heavy atom. The number of hydrogen-bond acceptors (Lipinski definition) is 2. The van der Waals surface area contributed by atoms with Gasteiger partial charge in [0.25, 0.3) is 5.91 Å². The first-order chi connectivity index (χ1) is 10.8. The Kier molecular flexibility index (Phi) is 5.04. The molecule has 0 spiro atoms. The Balaban J connectivity index is 1.64. The zero-order chi connectivity index (χ0) is 15.4. The molecule has 3 rings (SSSR count). The summed E-state index contributed by atoms with van der Waals surface area (Å²) in [7, 11) is 0. The Bertz CT molecular complexity index is 680. The lowest BCUT2D eigenvalue weighted by Gasteiger charge is -2.07. The lowest BCUT2D eigenvalue weighted by molar-refractivity contribution is 0.103. The third-order valence-electron chi connectivity index (χ3n) is 4.25. The highest BCUT2D eigenvalue weighted by Gasteiger charge is 2.21. The van der Waals surface area contributed by atoms with Gasteiger partial charge in [-0.1, -0.05) is 51.2 Å². The van der Waals surface area contributed by atoms with Crippen molar-refractivity contribution in [2.45, 2.75) is 50.3 Å². The van der Waals surface area contributed by atoms with Crippen molar-refractivity contribution in [3.05, 3.63) is 35.9 Å². The van der Waals surface area contributed by atoms with E-state index in [4.69, 9.17) is 0 Å². The summed E-state index contributed by atoms with van der Waals surface area (Å²) in [6.07, 6.45) is 8.00. The molecule has 0 unspecified atom stereocenters. The van der Waals surface area contributed by atoms with Crippen LogP contribution in [-0.2, 0) is 0 Å². The van der Waals surface area contributed by atoms with Gasteiger partial charge in [0.05, 0.1) is 0 Å². The van der Waals surface area contributed by atoms with Gasteiger partial charge in [-0.15, -0.1) is 11.8 Å². The van der Waals surface area contributed by atoms with Crippen LogP contribution < -0.4 is 5.32 Å². The number of anilines is 1. The first-order valence-electron chi connectivity index (χ1n) is 8.31. The third-order valence-corrected chi connectivity index (χ3v) is 5.41. The molecule has 0 saturated heterocycles. The number of rotatable bonds is 8. The fraction of sp³-hybridized carbons (Fsp3) is 0.421. The Hall–Kier alpha value is -1.48. The lowest BCUT2D eigenvalue weighted by Crippen LogP contribution is -2.03. The van der Waals surface area contributed by atoms with E-state index in [-0.39, 0.29) is 5.91 Å². The third kappa shape index (κ3) is 3.14. The van der Waals surface area contributed by atoms with E-state index >= 15 is 0 Å². The molecule has 0 saturated carbocycles. The van der Waals surface area contributed by atoms with E-state index in [0.717, 1.165) is 22.4 Å². The van der Waals surface area contributed by atoms with Crippen LogP contribution >= 0.6 is 11.8 Å². The molecule has 0 atom stereocenters. The predicted molar refractivity (Wildman–Crippen MR) is 96.0 cm³/mol. The van der Waals surface area contributed by atoms with Crippen molar-refractivity contribution in [3.63, 3.8) is 0 Å². The largest absolute Gasteiger partial charge is 0.321 e. The maximum atomic E-state index is 11.9. The van der Waals surface area contributed by atoms with Crippen molar-refractivity contribution in [1.82, 2.24) is 0 Å². The van der Waals surface area contributed by atoms with Crippen LogP contribution in [0, 0.1) is 0 Å². The van der Waals surface area contributed by atoms with Crippen molar-refractivity contribution in [3.8, 4) is 0 Å². The molecule has 1 amide bonds. The number of nitrogens with one attached hydrogen (secondary N) is 1. The molecule has 22 heavy (non-hydrogen) atoms. The molecule has 2 nitrogen and oxygen atoms in total. The van der Waals surface area contributed by atoms with Crippen molar-refractivity contribution >= 4 is 34.1 Å². The molecule has 1 aliphatic rings. The molecule has 1 N–H and O–H groups in total. The van der Waals surface area contributed by atoms with E-state index in [2.05, 4.69) is 24.4 Å². The Morgan fingerprint density at radius 1 is 1.00 bits per heavy atom. The topological polar surface area (TPSA) is 29.1 Å². The quantitative estimate of drug-likeness (QED) is 0.488. The SMILES string of the molecule is CCCCCCCCSc1ccc2c3c(cccc13)C(=O)N2. The van der Waals surface area contributed by atoms with E-state index in [1.165, 1.54) is 48.8 Å². The number of benzene rings is 2. The van der Waals surface area contributed by atoms with Crippen LogP contribution in [-0.4, -0.2) is 11.7 Å². The Labute approximate surface area is 136 Å². The van der Waals surface area contributed by atoms with Crippen molar-refractivity contribution in [2.24, 2.45) is 0 Å². The summed E-state index contributed by atoms with van der Waals surface area (Å²) >= 11 is 1.92. The second-order valence-electron chi connectivity index (χ2n) is 5.91. The molecule has 0 bridgehead atoms. The maximum Gasteiger partial charge on any atom is 0.256 e. The fourth-order valence-corrected chi connectivity index (χ4v) is 4.11. The standard InChI is InChI=1S/C19H23NOS/c1-2-3-4-5-6-7-13-22-17-12-11-16-18-14(17)9-8-10-15(18)19(21)20-16/h8-12H,2-7,13H2,1H3,(H,20,21). The van der Waals surface area contributed by atoms with Gasteiger partial charge >= 0.3 is 0 Å². The molecule has 1 aliphatic heterocycles. The number of unbranched alkanes of at least 4 members (excludes halogenated alkanes) is 5. The van der Waals surface area contributed by atoms with Gasteiger partial charge in [0.2, 0.25) is 0 Å². The van der Waals surface area contributed by atoms with Crippen LogP contribution in [0.2, 0.25) is 0 Å². The van der Waals surface area contributed by atoms with E-state index in [1.807, 2.05) is 30.0 Å². The molecule has 0 aromatic heterocycles. The minimum Gasteiger partial charge on any atom is -0.321 e. The average Bonchev–Trinajstić information content (AvgIpc) is 2.86. The number of thioether (sulfide) groups is 1. The van der Waals surface area contributed by atoms with Crippen LogP contribution in [0.5, 0.6) is 0 Å². The van der Waals surface area contributed by atoms with Crippen molar-refractivity contribution < 1.29 is 4.79 Å². The molecule has 3 heteroatoms. The number of amides is 1. The molecule has 2 aromatic rings. The van der Waals surface area contributed by atoms with Gasteiger partial charge in [0.15, 0.2) is 0 Å². The van der Waals surface area contributed by atoms with Gasteiger partial charge in [0, 0.05) is 21.5 Å². The van der Waals surface area contributed by atoms with Crippen LogP contribution in [0.3, 0.4) is 0 Å².